The minimum Gasteiger partial charge on any atom is -0.368 e. The number of unbranched alkanes of at least 4 members (excludes halogenated alkanes) is 1. The fraction of sp³-hybridized carbons (Fsp3) is 0.750. The van der Waals surface area contributed by atoms with E-state index in [1.807, 2.05) is 6.92 Å². The Hall–Kier alpha value is -0.660. The van der Waals surface area contributed by atoms with Crippen LogP contribution in [0.3, 0.4) is 0 Å². The second kappa shape index (κ2) is 6.67. The summed E-state index contributed by atoms with van der Waals surface area (Å²) in [4.78, 5) is 15.7. The zero-order chi connectivity index (χ0) is 13.7. The average molecular weight is 300 g/mol. The first-order valence-electron chi connectivity index (χ1n) is 6.57. The van der Waals surface area contributed by atoms with Crippen LogP contribution >= 0.6 is 23.3 Å². The minimum absolute atomic E-state index is 0.240. The van der Waals surface area contributed by atoms with Crippen LogP contribution in [-0.4, -0.2) is 32.6 Å². The number of nitrogens with zero attached hydrogens (tertiary/aromatic N) is 2. The lowest BCUT2D eigenvalue weighted by molar-refractivity contribution is -0.124. The maximum atomic E-state index is 11.6. The molecule has 2 rings (SSSR count). The first-order chi connectivity index (χ1) is 9.10. The summed E-state index contributed by atoms with van der Waals surface area (Å²) in [6, 6.07) is 0.494. The summed E-state index contributed by atoms with van der Waals surface area (Å²) in [5.74, 6) is 0.768. The molecule has 1 aliphatic carbocycles. The quantitative estimate of drug-likeness (QED) is 0.537. The maximum absolute atomic E-state index is 11.6. The molecule has 0 aromatic carbocycles. The van der Waals surface area contributed by atoms with Gasteiger partial charge in [0.2, 0.25) is 5.91 Å². The number of hydrogen-bond donors (Lipinski definition) is 2. The Balaban J connectivity index is 1.65. The predicted molar refractivity (Wildman–Crippen MR) is 78.2 cm³/mol. The third-order valence-electron chi connectivity index (χ3n) is 3.28. The Bertz CT molecular complexity index is 408. The van der Waals surface area contributed by atoms with Crippen molar-refractivity contribution in [2.75, 3.05) is 5.75 Å². The number of hydrogen-bond acceptors (Lipinski definition) is 6. The Morgan fingerprint density at radius 1 is 1.63 bits per heavy atom. The summed E-state index contributed by atoms with van der Waals surface area (Å²) in [5, 5.41) is 3.37. The van der Waals surface area contributed by atoms with E-state index < -0.39 is 5.54 Å². The molecule has 1 heterocycles. The summed E-state index contributed by atoms with van der Waals surface area (Å²) in [6.45, 7) is 1.92. The van der Waals surface area contributed by atoms with Crippen molar-refractivity contribution in [1.82, 2.24) is 14.7 Å². The molecule has 0 saturated heterocycles. The minimum atomic E-state index is -0.547. The number of rotatable bonds is 9. The van der Waals surface area contributed by atoms with Gasteiger partial charge >= 0.3 is 0 Å². The smallest absolute Gasteiger partial charge is 0.237 e. The molecule has 106 valence electrons. The average Bonchev–Trinajstić information content (AvgIpc) is 3.02. The van der Waals surface area contributed by atoms with Crippen molar-refractivity contribution in [1.29, 1.82) is 0 Å². The summed E-state index contributed by atoms with van der Waals surface area (Å²) in [7, 11) is 0. The molecule has 1 fully saturated rings. The van der Waals surface area contributed by atoms with E-state index in [0.29, 0.717) is 6.04 Å². The highest BCUT2D eigenvalue weighted by atomic mass is 32.2. The van der Waals surface area contributed by atoms with E-state index in [-0.39, 0.29) is 5.91 Å². The van der Waals surface area contributed by atoms with Crippen LogP contribution in [-0.2, 0) is 4.79 Å². The summed E-state index contributed by atoms with van der Waals surface area (Å²) in [5.41, 5.74) is 4.97. The number of carbonyl (C=O) groups is 1. The number of aromatic nitrogens is 2. The topological polar surface area (TPSA) is 80.9 Å². The summed E-state index contributed by atoms with van der Waals surface area (Å²) >= 11 is 3.14. The molecule has 0 radical (unpaired) electrons. The standard InChI is InChI=1S/C12H20N4OS2/c1-12(10(13)17,16-9-4-5-9)6-2-3-7-18-11-14-8-15-19-11/h8-9,16H,2-7H2,1H3,(H2,13,17). The molecule has 0 spiro atoms. The molecule has 1 aromatic heterocycles. The van der Waals surface area contributed by atoms with Crippen LogP contribution in [0.2, 0.25) is 0 Å². The van der Waals surface area contributed by atoms with Gasteiger partial charge in [-0.15, -0.1) is 0 Å². The molecule has 0 bridgehead atoms. The molecule has 0 aliphatic heterocycles. The van der Waals surface area contributed by atoms with Crippen LogP contribution in [0.5, 0.6) is 0 Å². The highest BCUT2D eigenvalue weighted by Crippen LogP contribution is 2.26. The lowest BCUT2D eigenvalue weighted by atomic mass is 9.94. The molecular formula is C12H20N4OS2. The van der Waals surface area contributed by atoms with E-state index in [0.717, 1.165) is 42.2 Å². The second-order valence-electron chi connectivity index (χ2n) is 5.13. The third kappa shape index (κ3) is 4.74. The molecule has 1 unspecified atom stereocenters. The van der Waals surface area contributed by atoms with Crippen LogP contribution in [0.1, 0.15) is 39.0 Å². The van der Waals surface area contributed by atoms with Gasteiger partial charge in [-0.25, -0.2) is 4.98 Å². The van der Waals surface area contributed by atoms with Crippen molar-refractivity contribution in [2.45, 2.75) is 54.9 Å². The van der Waals surface area contributed by atoms with E-state index in [9.17, 15) is 4.79 Å². The van der Waals surface area contributed by atoms with Crippen LogP contribution in [0.4, 0.5) is 0 Å². The van der Waals surface area contributed by atoms with Gasteiger partial charge in [0.25, 0.3) is 0 Å². The number of amides is 1. The van der Waals surface area contributed by atoms with Crippen molar-refractivity contribution >= 4 is 29.2 Å². The first kappa shape index (κ1) is 14.7. The Morgan fingerprint density at radius 3 is 3.00 bits per heavy atom. The van der Waals surface area contributed by atoms with Crippen molar-refractivity contribution in [3.63, 3.8) is 0 Å². The van der Waals surface area contributed by atoms with Gasteiger partial charge in [-0.1, -0.05) is 18.2 Å². The number of primary amides is 1. The Labute approximate surface area is 121 Å². The molecule has 1 aliphatic rings. The molecule has 7 heteroatoms. The number of nitrogens with one attached hydrogen (secondary N) is 1. The molecule has 1 amide bonds. The second-order valence-corrected chi connectivity index (χ2v) is 7.25. The fourth-order valence-corrected chi connectivity index (χ4v) is 3.42. The largest absolute Gasteiger partial charge is 0.368 e. The highest BCUT2D eigenvalue weighted by molar-refractivity contribution is 8.00. The molecule has 1 aromatic rings. The summed E-state index contributed by atoms with van der Waals surface area (Å²) < 4.78 is 4.97. The zero-order valence-electron chi connectivity index (χ0n) is 11.1. The molecule has 5 nitrogen and oxygen atoms in total. The predicted octanol–water partition coefficient (Wildman–Crippen LogP) is 1.80. The SMILES string of the molecule is CC(CCCCSc1ncns1)(NC1CC1)C(N)=O. The lowest BCUT2D eigenvalue weighted by Gasteiger charge is -2.27. The Kier molecular flexibility index (Phi) is 5.18. The number of thioether (sulfide) groups is 1. The lowest BCUT2D eigenvalue weighted by Crippen LogP contribution is -2.53. The van der Waals surface area contributed by atoms with Crippen molar-refractivity contribution in [2.24, 2.45) is 5.73 Å². The monoisotopic (exact) mass is 300 g/mol. The van der Waals surface area contributed by atoms with Crippen LogP contribution in [0, 0.1) is 0 Å². The molecular weight excluding hydrogens is 280 g/mol. The molecule has 19 heavy (non-hydrogen) atoms. The van der Waals surface area contributed by atoms with E-state index in [4.69, 9.17) is 5.73 Å². The van der Waals surface area contributed by atoms with Gasteiger partial charge in [-0.05, 0) is 44.1 Å². The maximum Gasteiger partial charge on any atom is 0.237 e. The first-order valence-corrected chi connectivity index (χ1v) is 8.33. The van der Waals surface area contributed by atoms with Gasteiger partial charge < -0.3 is 11.1 Å². The number of nitrogens with two attached hydrogens (primary N) is 1. The van der Waals surface area contributed by atoms with Gasteiger partial charge in [0.1, 0.15) is 6.33 Å². The molecule has 3 N–H and O–H groups in total. The van der Waals surface area contributed by atoms with Crippen molar-refractivity contribution in [3.8, 4) is 0 Å². The fourth-order valence-electron chi connectivity index (χ4n) is 1.91. The van der Waals surface area contributed by atoms with Gasteiger partial charge in [0.05, 0.1) is 5.54 Å². The van der Waals surface area contributed by atoms with Gasteiger partial charge in [-0.3, -0.25) is 4.79 Å². The summed E-state index contributed by atoms with van der Waals surface area (Å²) in [6.07, 6.45) is 6.75. The Morgan fingerprint density at radius 2 is 2.42 bits per heavy atom. The van der Waals surface area contributed by atoms with Crippen molar-refractivity contribution in [3.05, 3.63) is 6.33 Å². The van der Waals surface area contributed by atoms with E-state index >= 15 is 0 Å². The molecule has 1 saturated carbocycles. The number of carbonyl (C=O) groups excluding carboxylic acids is 1. The van der Waals surface area contributed by atoms with Gasteiger partial charge in [0, 0.05) is 11.8 Å². The normalized spacial score (nSPS) is 18.2. The van der Waals surface area contributed by atoms with Crippen LogP contribution in [0.15, 0.2) is 10.7 Å². The van der Waals surface area contributed by atoms with E-state index in [2.05, 4.69) is 14.7 Å². The van der Waals surface area contributed by atoms with Crippen LogP contribution in [0.25, 0.3) is 0 Å². The van der Waals surface area contributed by atoms with Gasteiger partial charge in [-0.2, -0.15) is 4.37 Å². The van der Waals surface area contributed by atoms with E-state index in [1.54, 1.807) is 18.1 Å². The molecule has 1 atom stereocenters. The van der Waals surface area contributed by atoms with Crippen LogP contribution < -0.4 is 11.1 Å². The van der Waals surface area contributed by atoms with E-state index in [1.165, 1.54) is 11.5 Å². The highest BCUT2D eigenvalue weighted by Gasteiger charge is 2.36. The zero-order valence-corrected chi connectivity index (χ0v) is 12.7. The van der Waals surface area contributed by atoms with Gasteiger partial charge in [0.15, 0.2) is 4.34 Å². The van der Waals surface area contributed by atoms with Crippen molar-refractivity contribution < 1.29 is 4.79 Å². The third-order valence-corrected chi connectivity index (χ3v) is 5.17.